The first-order valence-electron chi connectivity index (χ1n) is 7.67. The van der Waals surface area contributed by atoms with E-state index in [1.807, 2.05) is 0 Å². The van der Waals surface area contributed by atoms with E-state index in [-0.39, 0.29) is 23.1 Å². The molecule has 1 aliphatic heterocycles. The molecule has 0 amide bonds. The van der Waals surface area contributed by atoms with Crippen LogP contribution in [0, 0.1) is 0 Å². The predicted molar refractivity (Wildman–Crippen MR) is 89.9 cm³/mol. The van der Waals surface area contributed by atoms with Crippen LogP contribution in [-0.2, 0) is 16.0 Å². The molecule has 26 heavy (non-hydrogen) atoms. The summed E-state index contributed by atoms with van der Waals surface area (Å²) in [6.07, 6.45) is -0.709. The lowest BCUT2D eigenvalue weighted by Gasteiger charge is -2.15. The van der Waals surface area contributed by atoms with Crippen molar-refractivity contribution < 1.29 is 34.4 Å². The van der Waals surface area contributed by atoms with Gasteiger partial charge in [0, 0.05) is 12.0 Å². The SMILES string of the molecule is O=C1OC(Cc2cccc(C(=O)O)c2)C(c2cccc(C(=O)O)c2)=C1O. The number of aliphatic hydroxyl groups excluding tert-OH is 1. The molecule has 0 saturated carbocycles. The third-order valence-electron chi connectivity index (χ3n) is 4.04. The highest BCUT2D eigenvalue weighted by Gasteiger charge is 2.35. The van der Waals surface area contributed by atoms with Gasteiger partial charge in [0.15, 0.2) is 0 Å². The van der Waals surface area contributed by atoms with Crippen LogP contribution in [0.25, 0.3) is 5.57 Å². The number of rotatable bonds is 5. The lowest BCUT2D eigenvalue weighted by Crippen LogP contribution is -2.15. The normalized spacial score (nSPS) is 16.5. The molecule has 0 aromatic heterocycles. The van der Waals surface area contributed by atoms with E-state index in [2.05, 4.69) is 0 Å². The number of carbonyl (C=O) groups excluding carboxylic acids is 1. The number of cyclic esters (lactones) is 1. The van der Waals surface area contributed by atoms with Gasteiger partial charge in [-0.15, -0.1) is 0 Å². The summed E-state index contributed by atoms with van der Waals surface area (Å²) >= 11 is 0. The number of hydrogen-bond donors (Lipinski definition) is 3. The van der Waals surface area contributed by atoms with E-state index in [1.54, 1.807) is 18.2 Å². The molecule has 0 saturated heterocycles. The number of carboxylic acid groups (broad SMARTS) is 2. The lowest BCUT2D eigenvalue weighted by molar-refractivity contribution is -0.141. The minimum absolute atomic E-state index is 0.00812. The highest BCUT2D eigenvalue weighted by atomic mass is 16.6. The minimum atomic E-state index is -1.14. The number of carboxylic acids is 2. The van der Waals surface area contributed by atoms with Crippen LogP contribution in [-0.4, -0.2) is 39.3 Å². The van der Waals surface area contributed by atoms with Crippen molar-refractivity contribution in [3.05, 3.63) is 76.5 Å². The smallest absolute Gasteiger partial charge is 0.374 e. The first-order valence-corrected chi connectivity index (χ1v) is 7.67. The molecule has 3 N–H and O–H groups in total. The molecule has 7 heteroatoms. The van der Waals surface area contributed by atoms with Gasteiger partial charge in [0.2, 0.25) is 5.76 Å². The van der Waals surface area contributed by atoms with Crippen LogP contribution < -0.4 is 0 Å². The Morgan fingerprint density at radius 2 is 1.58 bits per heavy atom. The Morgan fingerprint density at radius 1 is 0.962 bits per heavy atom. The van der Waals surface area contributed by atoms with E-state index < -0.39 is 29.8 Å². The zero-order valence-corrected chi connectivity index (χ0v) is 13.4. The van der Waals surface area contributed by atoms with Crippen molar-refractivity contribution in [3.8, 4) is 0 Å². The fourth-order valence-electron chi connectivity index (χ4n) is 2.84. The number of aromatic carboxylic acids is 2. The maximum Gasteiger partial charge on any atom is 0.374 e. The number of benzene rings is 2. The molecule has 132 valence electrons. The largest absolute Gasteiger partial charge is 0.502 e. The van der Waals surface area contributed by atoms with E-state index in [1.165, 1.54) is 30.3 Å². The average molecular weight is 354 g/mol. The summed E-state index contributed by atoms with van der Waals surface area (Å²) in [7, 11) is 0. The first-order chi connectivity index (χ1) is 12.4. The Hall–Kier alpha value is -3.61. The van der Waals surface area contributed by atoms with Crippen molar-refractivity contribution in [2.75, 3.05) is 0 Å². The summed E-state index contributed by atoms with van der Waals surface area (Å²) in [6.45, 7) is 0. The highest BCUT2D eigenvalue weighted by Crippen LogP contribution is 2.33. The van der Waals surface area contributed by atoms with Crippen molar-refractivity contribution in [2.45, 2.75) is 12.5 Å². The Morgan fingerprint density at radius 3 is 2.23 bits per heavy atom. The summed E-state index contributed by atoms with van der Waals surface area (Å²) in [5.41, 5.74) is 1.24. The molecule has 3 rings (SSSR count). The third kappa shape index (κ3) is 3.27. The standard InChI is InChI=1S/C19H14O7/c20-16-15(11-4-2-6-13(9-11)18(23)24)14(26-19(16)25)8-10-3-1-5-12(7-10)17(21)22/h1-7,9,14,20H,8H2,(H,21,22)(H,23,24). The maximum atomic E-state index is 11.8. The summed E-state index contributed by atoms with van der Waals surface area (Å²) < 4.78 is 5.19. The molecule has 2 aromatic carbocycles. The van der Waals surface area contributed by atoms with E-state index >= 15 is 0 Å². The molecule has 2 aromatic rings. The lowest BCUT2D eigenvalue weighted by atomic mass is 9.94. The van der Waals surface area contributed by atoms with Gasteiger partial charge in [-0.05, 0) is 35.4 Å². The van der Waals surface area contributed by atoms with Gasteiger partial charge in [-0.2, -0.15) is 0 Å². The fraction of sp³-hybridized carbons (Fsp3) is 0.105. The fourth-order valence-corrected chi connectivity index (χ4v) is 2.84. The van der Waals surface area contributed by atoms with Gasteiger partial charge < -0.3 is 20.1 Å². The molecular weight excluding hydrogens is 340 g/mol. The van der Waals surface area contributed by atoms with Crippen molar-refractivity contribution in [1.29, 1.82) is 0 Å². The Balaban J connectivity index is 1.96. The monoisotopic (exact) mass is 354 g/mol. The molecule has 1 aliphatic rings. The van der Waals surface area contributed by atoms with Gasteiger partial charge in [0.1, 0.15) is 6.10 Å². The second-order valence-electron chi connectivity index (χ2n) is 5.75. The van der Waals surface area contributed by atoms with E-state index in [9.17, 15) is 19.5 Å². The number of ether oxygens (including phenoxy) is 1. The van der Waals surface area contributed by atoms with E-state index in [0.29, 0.717) is 11.1 Å². The van der Waals surface area contributed by atoms with E-state index in [0.717, 1.165) is 0 Å². The number of carbonyl (C=O) groups is 3. The van der Waals surface area contributed by atoms with Gasteiger partial charge in [-0.3, -0.25) is 0 Å². The van der Waals surface area contributed by atoms with Crippen LogP contribution in [0.1, 0.15) is 31.8 Å². The number of aliphatic hydroxyl groups is 1. The summed E-state index contributed by atoms with van der Waals surface area (Å²) in [6, 6.07) is 12.0. The van der Waals surface area contributed by atoms with Crippen LogP contribution in [0.3, 0.4) is 0 Å². The predicted octanol–water partition coefficient (Wildman–Crippen LogP) is 2.52. The van der Waals surface area contributed by atoms with Gasteiger partial charge in [0.25, 0.3) is 0 Å². The second-order valence-corrected chi connectivity index (χ2v) is 5.75. The van der Waals surface area contributed by atoms with E-state index in [4.69, 9.17) is 14.9 Å². The molecule has 0 bridgehead atoms. The van der Waals surface area contributed by atoms with Gasteiger partial charge in [-0.25, -0.2) is 14.4 Å². The molecule has 1 unspecified atom stereocenters. The topological polar surface area (TPSA) is 121 Å². The van der Waals surface area contributed by atoms with Gasteiger partial charge in [0.05, 0.1) is 11.1 Å². The van der Waals surface area contributed by atoms with Crippen LogP contribution >= 0.6 is 0 Å². The van der Waals surface area contributed by atoms with Gasteiger partial charge in [-0.1, -0.05) is 24.3 Å². The molecule has 0 spiro atoms. The van der Waals surface area contributed by atoms with Crippen LogP contribution in [0.4, 0.5) is 0 Å². The summed E-state index contributed by atoms with van der Waals surface area (Å²) in [5.74, 6) is -3.70. The van der Waals surface area contributed by atoms with Crippen molar-refractivity contribution >= 4 is 23.5 Å². The Kier molecular flexibility index (Phi) is 4.45. The summed E-state index contributed by atoms with van der Waals surface area (Å²) in [4.78, 5) is 34.1. The van der Waals surface area contributed by atoms with Crippen molar-refractivity contribution in [1.82, 2.24) is 0 Å². The van der Waals surface area contributed by atoms with Crippen LogP contribution in [0.5, 0.6) is 0 Å². The second kappa shape index (κ2) is 6.72. The average Bonchev–Trinajstić information content (AvgIpc) is 2.89. The highest BCUT2D eigenvalue weighted by molar-refractivity contribution is 6.01. The van der Waals surface area contributed by atoms with Gasteiger partial charge >= 0.3 is 17.9 Å². The van der Waals surface area contributed by atoms with Crippen LogP contribution in [0.2, 0.25) is 0 Å². The Labute approximate surface area is 147 Å². The zero-order valence-electron chi connectivity index (χ0n) is 13.4. The number of esters is 1. The van der Waals surface area contributed by atoms with Crippen molar-refractivity contribution in [3.63, 3.8) is 0 Å². The molecule has 0 aliphatic carbocycles. The molecule has 0 radical (unpaired) electrons. The van der Waals surface area contributed by atoms with Crippen molar-refractivity contribution in [2.24, 2.45) is 0 Å². The molecule has 1 heterocycles. The van der Waals surface area contributed by atoms with Crippen LogP contribution in [0.15, 0.2) is 54.3 Å². The molecular formula is C19H14O7. The molecule has 0 fully saturated rings. The molecule has 7 nitrogen and oxygen atoms in total. The zero-order chi connectivity index (χ0) is 18.8. The number of hydrogen-bond acceptors (Lipinski definition) is 5. The minimum Gasteiger partial charge on any atom is -0.502 e. The quantitative estimate of drug-likeness (QED) is 0.705. The Bertz CT molecular complexity index is 942. The first kappa shape index (κ1) is 17.2. The molecule has 1 atom stereocenters. The summed E-state index contributed by atoms with van der Waals surface area (Å²) in [5, 5.41) is 28.3. The third-order valence-corrected chi connectivity index (χ3v) is 4.04. The maximum absolute atomic E-state index is 11.8.